The minimum Gasteiger partial charge on any atom is -0.392 e. The number of hydrogen-bond acceptors (Lipinski definition) is 3. The zero-order chi connectivity index (χ0) is 11.5. The molecule has 1 heterocycles. The van der Waals surface area contributed by atoms with Crippen molar-refractivity contribution >= 4 is 5.91 Å². The second-order valence-corrected chi connectivity index (χ2v) is 4.05. The molecule has 4 heteroatoms. The molecule has 1 saturated heterocycles. The van der Waals surface area contributed by atoms with E-state index < -0.39 is 0 Å². The number of carbonyl (C=O) groups excluding carboxylic acids is 1. The summed E-state index contributed by atoms with van der Waals surface area (Å²) in [6.07, 6.45) is 0.265. The molecular formula is C12H15NO3. The molecule has 1 fully saturated rings. The van der Waals surface area contributed by atoms with Crippen molar-refractivity contribution in [3.63, 3.8) is 0 Å². The van der Waals surface area contributed by atoms with E-state index in [1.807, 2.05) is 0 Å². The molecule has 0 aliphatic carbocycles. The maximum absolute atomic E-state index is 11.9. The molecule has 2 rings (SSSR count). The van der Waals surface area contributed by atoms with Crippen LogP contribution in [0.1, 0.15) is 22.3 Å². The first kappa shape index (κ1) is 11.1. The molecule has 4 nitrogen and oxygen atoms in total. The Hall–Kier alpha value is -1.39. The molecule has 86 valence electrons. The van der Waals surface area contributed by atoms with E-state index in [2.05, 4.69) is 0 Å². The molecule has 1 aromatic carbocycles. The van der Waals surface area contributed by atoms with Crippen LogP contribution in [-0.2, 0) is 6.61 Å². The van der Waals surface area contributed by atoms with Crippen molar-refractivity contribution in [2.24, 2.45) is 0 Å². The number of amides is 1. The van der Waals surface area contributed by atoms with Crippen LogP contribution in [0.2, 0.25) is 0 Å². The molecule has 0 saturated carbocycles. The average Bonchev–Trinajstić information content (AvgIpc) is 2.75. The van der Waals surface area contributed by atoms with Gasteiger partial charge in [-0.3, -0.25) is 4.79 Å². The van der Waals surface area contributed by atoms with Crippen molar-refractivity contribution in [2.45, 2.75) is 19.1 Å². The van der Waals surface area contributed by atoms with Crippen LogP contribution in [0.3, 0.4) is 0 Å². The number of β-amino-alcohol motifs (C(OH)–C–C–N with tert-alkyl or cyclic N) is 1. The van der Waals surface area contributed by atoms with Crippen LogP contribution in [0.5, 0.6) is 0 Å². The van der Waals surface area contributed by atoms with Gasteiger partial charge in [0.2, 0.25) is 0 Å². The number of carbonyl (C=O) groups is 1. The fraction of sp³-hybridized carbons (Fsp3) is 0.417. The lowest BCUT2D eigenvalue weighted by Crippen LogP contribution is -2.29. The van der Waals surface area contributed by atoms with Gasteiger partial charge in [0.15, 0.2) is 0 Å². The van der Waals surface area contributed by atoms with Crippen molar-refractivity contribution in [1.29, 1.82) is 0 Å². The van der Waals surface area contributed by atoms with E-state index in [4.69, 9.17) is 5.11 Å². The lowest BCUT2D eigenvalue weighted by Gasteiger charge is -2.15. The summed E-state index contributed by atoms with van der Waals surface area (Å²) in [6.45, 7) is 1.01. The van der Waals surface area contributed by atoms with E-state index >= 15 is 0 Å². The summed E-state index contributed by atoms with van der Waals surface area (Å²) in [7, 11) is 0. The van der Waals surface area contributed by atoms with Crippen molar-refractivity contribution in [1.82, 2.24) is 4.90 Å². The second-order valence-electron chi connectivity index (χ2n) is 4.05. The number of rotatable bonds is 2. The summed E-state index contributed by atoms with van der Waals surface area (Å²) in [4.78, 5) is 13.6. The molecule has 0 bridgehead atoms. The number of nitrogens with zero attached hydrogens (tertiary/aromatic N) is 1. The molecule has 1 atom stereocenters. The molecule has 1 aliphatic heterocycles. The van der Waals surface area contributed by atoms with Crippen LogP contribution < -0.4 is 0 Å². The summed E-state index contributed by atoms with van der Waals surface area (Å²) in [5.41, 5.74) is 1.39. The van der Waals surface area contributed by atoms with Crippen LogP contribution in [0, 0.1) is 0 Å². The highest BCUT2D eigenvalue weighted by molar-refractivity contribution is 5.94. The first-order valence-electron chi connectivity index (χ1n) is 5.38. The smallest absolute Gasteiger partial charge is 0.253 e. The molecule has 2 N–H and O–H groups in total. The third-order valence-electron chi connectivity index (χ3n) is 2.83. The van der Waals surface area contributed by atoms with Gasteiger partial charge in [-0.1, -0.05) is 12.1 Å². The van der Waals surface area contributed by atoms with E-state index in [0.29, 0.717) is 25.1 Å². The summed E-state index contributed by atoms with van der Waals surface area (Å²) < 4.78 is 0. The highest BCUT2D eigenvalue weighted by Gasteiger charge is 2.25. The Morgan fingerprint density at radius 3 is 2.56 bits per heavy atom. The van der Waals surface area contributed by atoms with Crippen molar-refractivity contribution in [2.75, 3.05) is 13.1 Å². The van der Waals surface area contributed by atoms with Gasteiger partial charge >= 0.3 is 0 Å². The lowest BCUT2D eigenvalue weighted by molar-refractivity contribution is 0.0765. The number of aliphatic hydroxyl groups excluding tert-OH is 2. The maximum atomic E-state index is 11.9. The van der Waals surface area contributed by atoms with Crippen LogP contribution in [0.25, 0.3) is 0 Å². The number of aliphatic hydroxyl groups is 2. The van der Waals surface area contributed by atoms with Gasteiger partial charge < -0.3 is 15.1 Å². The van der Waals surface area contributed by atoms with Crippen LogP contribution in [0.4, 0.5) is 0 Å². The normalized spacial score (nSPS) is 20.1. The molecule has 0 spiro atoms. The molecule has 0 aromatic heterocycles. The Bertz CT molecular complexity index is 374. The first-order valence-corrected chi connectivity index (χ1v) is 5.38. The van der Waals surface area contributed by atoms with Gasteiger partial charge in [0, 0.05) is 18.7 Å². The van der Waals surface area contributed by atoms with Gasteiger partial charge in [-0.2, -0.15) is 0 Å². The summed E-state index contributed by atoms with van der Waals surface area (Å²) in [5.74, 6) is -0.0546. The van der Waals surface area contributed by atoms with Gasteiger partial charge in [0.1, 0.15) is 0 Å². The van der Waals surface area contributed by atoms with Gasteiger partial charge in [0.25, 0.3) is 5.91 Å². The van der Waals surface area contributed by atoms with Crippen molar-refractivity contribution in [3.05, 3.63) is 35.4 Å². The highest BCUT2D eigenvalue weighted by Crippen LogP contribution is 2.14. The van der Waals surface area contributed by atoms with Gasteiger partial charge in [-0.15, -0.1) is 0 Å². The van der Waals surface area contributed by atoms with Crippen molar-refractivity contribution in [3.8, 4) is 0 Å². The molecule has 1 amide bonds. The van der Waals surface area contributed by atoms with Gasteiger partial charge in [0.05, 0.1) is 12.7 Å². The molecular weight excluding hydrogens is 206 g/mol. The third-order valence-corrected chi connectivity index (χ3v) is 2.83. The van der Waals surface area contributed by atoms with Crippen LogP contribution in [-0.4, -0.2) is 40.2 Å². The van der Waals surface area contributed by atoms with Crippen LogP contribution in [0.15, 0.2) is 24.3 Å². The molecule has 1 aromatic rings. The first-order chi connectivity index (χ1) is 7.70. The largest absolute Gasteiger partial charge is 0.392 e. The zero-order valence-corrected chi connectivity index (χ0v) is 8.97. The standard InChI is InChI=1S/C12H15NO3/c14-8-9-1-3-10(4-2-9)12(16)13-6-5-11(15)7-13/h1-4,11,14-15H,5-8H2. The Labute approximate surface area is 94.1 Å². The lowest BCUT2D eigenvalue weighted by atomic mass is 10.1. The summed E-state index contributed by atoms with van der Waals surface area (Å²) in [5, 5.41) is 18.2. The number of likely N-dealkylation sites (tertiary alicyclic amines) is 1. The van der Waals surface area contributed by atoms with E-state index in [9.17, 15) is 9.90 Å². The van der Waals surface area contributed by atoms with E-state index in [1.165, 1.54) is 0 Å². The Morgan fingerprint density at radius 1 is 1.38 bits per heavy atom. The monoisotopic (exact) mass is 221 g/mol. The predicted octanol–water partition coefficient (Wildman–Crippen LogP) is 0.386. The predicted molar refractivity (Wildman–Crippen MR) is 58.9 cm³/mol. The minimum absolute atomic E-state index is 0.0170. The highest BCUT2D eigenvalue weighted by atomic mass is 16.3. The van der Waals surface area contributed by atoms with E-state index in [-0.39, 0.29) is 18.6 Å². The Morgan fingerprint density at radius 2 is 2.06 bits per heavy atom. The summed E-state index contributed by atoms with van der Waals surface area (Å²) >= 11 is 0. The zero-order valence-electron chi connectivity index (χ0n) is 8.97. The van der Waals surface area contributed by atoms with Gasteiger partial charge in [-0.05, 0) is 24.1 Å². The Balaban J connectivity index is 2.08. The van der Waals surface area contributed by atoms with E-state index in [0.717, 1.165) is 5.56 Å². The fourth-order valence-electron chi connectivity index (χ4n) is 1.86. The van der Waals surface area contributed by atoms with Crippen LogP contribution >= 0.6 is 0 Å². The third kappa shape index (κ3) is 2.23. The SMILES string of the molecule is O=C(c1ccc(CO)cc1)N1CCC(O)C1. The van der Waals surface area contributed by atoms with Gasteiger partial charge in [-0.25, -0.2) is 0 Å². The quantitative estimate of drug-likeness (QED) is 0.759. The second kappa shape index (κ2) is 4.63. The molecule has 1 aliphatic rings. The maximum Gasteiger partial charge on any atom is 0.253 e. The van der Waals surface area contributed by atoms with Crippen molar-refractivity contribution < 1.29 is 15.0 Å². The average molecular weight is 221 g/mol. The summed E-state index contributed by atoms with van der Waals surface area (Å²) in [6, 6.07) is 6.89. The molecule has 1 unspecified atom stereocenters. The molecule has 16 heavy (non-hydrogen) atoms. The minimum atomic E-state index is -0.388. The number of hydrogen-bond donors (Lipinski definition) is 2. The van der Waals surface area contributed by atoms with E-state index in [1.54, 1.807) is 29.2 Å². The molecule has 0 radical (unpaired) electrons. The number of benzene rings is 1. The Kier molecular flexibility index (Phi) is 3.22. The topological polar surface area (TPSA) is 60.8 Å². The fourth-order valence-corrected chi connectivity index (χ4v) is 1.86.